The molecule has 3 aliphatic heterocycles. The molecule has 38 heavy (non-hydrogen) atoms. The molecule has 2 N–H and O–H groups in total. The number of nitriles is 1. The quantitative estimate of drug-likeness (QED) is 0.516. The summed E-state index contributed by atoms with van der Waals surface area (Å²) in [7, 11) is 5.96. The Hall–Kier alpha value is -3.12. The Labute approximate surface area is 226 Å². The Morgan fingerprint density at radius 1 is 1.16 bits per heavy atom. The molecule has 1 aromatic heterocycles. The molecule has 3 aliphatic rings. The van der Waals surface area contributed by atoms with Gasteiger partial charge in [-0.25, -0.2) is 0 Å². The van der Waals surface area contributed by atoms with Crippen LogP contribution in [0.3, 0.4) is 0 Å². The third-order valence-corrected chi connectivity index (χ3v) is 8.35. The van der Waals surface area contributed by atoms with Crippen molar-refractivity contribution in [2.75, 3.05) is 49.5 Å². The van der Waals surface area contributed by atoms with E-state index in [1.807, 2.05) is 18.2 Å². The topological polar surface area (TPSA) is 76.5 Å². The van der Waals surface area contributed by atoms with Gasteiger partial charge in [-0.15, -0.1) is 0 Å². The zero-order valence-electron chi connectivity index (χ0n) is 22.1. The molecule has 6 rings (SSSR count). The summed E-state index contributed by atoms with van der Waals surface area (Å²) in [6, 6.07) is 20.3. The Morgan fingerprint density at radius 2 is 2.03 bits per heavy atom. The van der Waals surface area contributed by atoms with Crippen molar-refractivity contribution in [3.05, 3.63) is 59.7 Å². The lowest BCUT2D eigenvalue weighted by molar-refractivity contribution is 0.0292. The number of piperazine rings is 1. The second kappa shape index (κ2) is 10.9. The molecule has 0 bridgehead atoms. The molecule has 0 spiro atoms. The van der Waals surface area contributed by atoms with Crippen molar-refractivity contribution in [2.45, 2.75) is 50.4 Å². The summed E-state index contributed by atoms with van der Waals surface area (Å²) in [6.07, 6.45) is 3.47. The number of nitrogens with zero attached hydrogens (tertiary/aromatic N) is 4. The molecule has 4 atom stereocenters. The number of anilines is 2. The van der Waals surface area contributed by atoms with E-state index >= 15 is 0 Å². The summed E-state index contributed by atoms with van der Waals surface area (Å²) in [5.41, 5.74) is 5.36. The Kier molecular flexibility index (Phi) is 7.25. The van der Waals surface area contributed by atoms with Gasteiger partial charge >= 0.3 is 0 Å². The predicted molar refractivity (Wildman–Crippen MR) is 153 cm³/mol. The third-order valence-electron chi connectivity index (χ3n) is 8.35. The molecular formula is C30H35BN6O. The van der Waals surface area contributed by atoms with E-state index in [-0.39, 0.29) is 6.10 Å². The highest BCUT2D eigenvalue weighted by Crippen LogP contribution is 2.33. The Morgan fingerprint density at radius 3 is 2.82 bits per heavy atom. The summed E-state index contributed by atoms with van der Waals surface area (Å²) >= 11 is 0. The van der Waals surface area contributed by atoms with E-state index < -0.39 is 0 Å². The lowest BCUT2D eigenvalue weighted by atomic mass is 9.91. The molecule has 3 saturated heterocycles. The summed E-state index contributed by atoms with van der Waals surface area (Å²) in [6.45, 7) is 8.04. The van der Waals surface area contributed by atoms with E-state index in [1.54, 1.807) is 0 Å². The number of ether oxygens (including phenoxy) is 1. The van der Waals surface area contributed by atoms with Gasteiger partial charge in [-0.3, -0.25) is 9.88 Å². The largest absolute Gasteiger partial charge is 0.382 e. The first-order valence-corrected chi connectivity index (χ1v) is 13.8. The minimum absolute atomic E-state index is 0.268. The average molecular weight is 506 g/mol. The van der Waals surface area contributed by atoms with Crippen molar-refractivity contribution in [2.24, 2.45) is 0 Å². The van der Waals surface area contributed by atoms with Gasteiger partial charge in [0.1, 0.15) is 13.9 Å². The first-order valence-electron chi connectivity index (χ1n) is 13.8. The van der Waals surface area contributed by atoms with E-state index in [1.165, 1.54) is 11.3 Å². The van der Waals surface area contributed by atoms with Gasteiger partial charge in [0.25, 0.3) is 0 Å². The van der Waals surface area contributed by atoms with E-state index in [0.717, 1.165) is 69.7 Å². The van der Waals surface area contributed by atoms with Gasteiger partial charge in [0.05, 0.1) is 23.8 Å². The number of benzene rings is 2. The lowest BCUT2D eigenvalue weighted by Gasteiger charge is -2.50. The van der Waals surface area contributed by atoms with Crippen LogP contribution in [0, 0.1) is 11.3 Å². The van der Waals surface area contributed by atoms with Crippen molar-refractivity contribution in [1.82, 2.24) is 15.2 Å². The maximum atomic E-state index is 9.60. The van der Waals surface area contributed by atoms with Crippen LogP contribution in [0.1, 0.15) is 30.9 Å². The summed E-state index contributed by atoms with van der Waals surface area (Å²) < 4.78 is 5.86. The lowest BCUT2D eigenvalue weighted by Crippen LogP contribution is -2.61. The Balaban J connectivity index is 1.14. The van der Waals surface area contributed by atoms with Crippen LogP contribution in [-0.2, 0) is 11.2 Å². The van der Waals surface area contributed by atoms with Gasteiger partial charge in [-0.1, -0.05) is 18.2 Å². The number of hydrogen-bond acceptors (Lipinski definition) is 7. The van der Waals surface area contributed by atoms with Gasteiger partial charge in [-0.05, 0) is 67.7 Å². The number of fused-ring (bicyclic) bond motifs is 2. The van der Waals surface area contributed by atoms with Crippen LogP contribution in [0.5, 0.6) is 0 Å². The van der Waals surface area contributed by atoms with Crippen molar-refractivity contribution in [3.8, 4) is 6.07 Å². The van der Waals surface area contributed by atoms with Crippen LogP contribution in [0.15, 0.2) is 48.5 Å². The maximum absolute atomic E-state index is 9.60. The van der Waals surface area contributed by atoms with Gasteiger partial charge in [0.15, 0.2) is 0 Å². The highest BCUT2D eigenvalue weighted by Gasteiger charge is 2.37. The molecule has 2 radical (unpaired) electrons. The number of hydrogen-bond donors (Lipinski definition) is 2. The zero-order valence-corrected chi connectivity index (χ0v) is 22.1. The van der Waals surface area contributed by atoms with Crippen LogP contribution in [-0.4, -0.2) is 81.3 Å². The van der Waals surface area contributed by atoms with Crippen LogP contribution in [0.4, 0.5) is 11.4 Å². The third kappa shape index (κ3) is 5.24. The molecule has 194 valence electrons. The molecule has 4 heterocycles. The number of pyridine rings is 1. The second-order valence-electron chi connectivity index (χ2n) is 11.0. The van der Waals surface area contributed by atoms with Gasteiger partial charge in [0.2, 0.25) is 0 Å². The molecule has 0 saturated carbocycles. The van der Waals surface area contributed by atoms with Crippen LogP contribution < -0.4 is 21.1 Å². The molecule has 3 aromatic rings. The summed E-state index contributed by atoms with van der Waals surface area (Å²) in [4.78, 5) is 9.66. The smallest absolute Gasteiger partial charge is 0.141 e. The molecule has 0 amide bonds. The van der Waals surface area contributed by atoms with E-state index in [9.17, 15) is 5.26 Å². The molecule has 8 heteroatoms. The SMILES string of the molecule is [B]c1ccc2c(N3C[C@@H]4C[C@H](Nc5ccc(C[C@H]6CNCCO6)cc5)CCN4[C@H](C)C3)ccc(C#N)c2n1. The fourth-order valence-electron chi connectivity index (χ4n) is 6.48. The molecule has 0 unspecified atom stereocenters. The van der Waals surface area contributed by atoms with Gasteiger partial charge < -0.3 is 20.3 Å². The number of morpholine rings is 1. The van der Waals surface area contributed by atoms with Gasteiger partial charge in [0, 0.05) is 67.6 Å². The van der Waals surface area contributed by atoms with Crippen molar-refractivity contribution < 1.29 is 4.74 Å². The normalized spacial score (nSPS) is 26.1. The summed E-state index contributed by atoms with van der Waals surface area (Å²) in [5.74, 6) is 0. The predicted octanol–water partition coefficient (Wildman–Crippen LogP) is 2.58. The van der Waals surface area contributed by atoms with Crippen molar-refractivity contribution in [3.63, 3.8) is 0 Å². The highest BCUT2D eigenvalue weighted by molar-refractivity contribution is 6.31. The number of piperidine rings is 1. The Bertz CT molecular complexity index is 1320. The first-order chi connectivity index (χ1) is 18.6. The number of nitrogens with one attached hydrogen (secondary N) is 2. The summed E-state index contributed by atoms with van der Waals surface area (Å²) in [5, 5.41) is 17.8. The zero-order chi connectivity index (χ0) is 26.1. The highest BCUT2D eigenvalue weighted by atomic mass is 16.5. The first kappa shape index (κ1) is 25.2. The van der Waals surface area contributed by atoms with Crippen LogP contribution >= 0.6 is 0 Å². The van der Waals surface area contributed by atoms with E-state index in [2.05, 4.69) is 68.7 Å². The fraction of sp³-hybridized carbons (Fsp3) is 0.467. The average Bonchev–Trinajstić information content (AvgIpc) is 2.94. The van der Waals surface area contributed by atoms with Crippen molar-refractivity contribution >= 4 is 35.7 Å². The van der Waals surface area contributed by atoms with E-state index in [0.29, 0.717) is 34.8 Å². The van der Waals surface area contributed by atoms with Crippen LogP contribution in [0.2, 0.25) is 0 Å². The number of aromatic nitrogens is 1. The minimum atomic E-state index is 0.268. The molecular weight excluding hydrogens is 471 g/mol. The fourth-order valence-corrected chi connectivity index (χ4v) is 6.48. The molecule has 3 fully saturated rings. The standard InChI is InChI=1S/C30H35BN6O/c1-20-18-36(28-8-4-22(16-32)30-27(28)7-9-29(31)35-30)19-25-15-24(10-12-37(20)25)34-23-5-2-21(3-6-23)14-26-17-33-11-13-38-26/h2-9,20,24-26,33-34H,10-15,17-19H2,1H3/t20-,24-,25+,26+/m1/s1. The molecule has 2 aromatic carbocycles. The van der Waals surface area contributed by atoms with Gasteiger partial charge in [-0.2, -0.15) is 5.26 Å². The van der Waals surface area contributed by atoms with Crippen LogP contribution in [0.25, 0.3) is 10.9 Å². The molecule has 0 aliphatic carbocycles. The van der Waals surface area contributed by atoms with E-state index in [4.69, 9.17) is 12.6 Å². The minimum Gasteiger partial charge on any atom is -0.382 e. The van der Waals surface area contributed by atoms with Crippen molar-refractivity contribution in [1.29, 1.82) is 5.26 Å². The maximum Gasteiger partial charge on any atom is 0.141 e. The number of rotatable bonds is 5. The molecule has 7 nitrogen and oxygen atoms in total. The monoisotopic (exact) mass is 506 g/mol. The second-order valence-corrected chi connectivity index (χ2v) is 11.0.